The maximum atomic E-state index is 11.4. The lowest BCUT2D eigenvalue weighted by Gasteiger charge is -2.16. The number of aliphatic imine (C=N–C) groups is 1. The number of benzene rings is 1. The van der Waals surface area contributed by atoms with E-state index >= 15 is 0 Å². The molecule has 2 rings (SSSR count). The number of sulfone groups is 1. The van der Waals surface area contributed by atoms with Crippen molar-refractivity contribution in [1.82, 2.24) is 10.6 Å². The van der Waals surface area contributed by atoms with Gasteiger partial charge in [0.15, 0.2) is 15.8 Å². The van der Waals surface area contributed by atoms with Crippen molar-refractivity contribution in [1.29, 1.82) is 0 Å². The normalized spacial score (nSPS) is 19.7. The van der Waals surface area contributed by atoms with Gasteiger partial charge in [0.25, 0.3) is 0 Å². The number of guanidine groups is 1. The second kappa shape index (κ2) is 9.67. The summed E-state index contributed by atoms with van der Waals surface area (Å²) in [7, 11) is -1.23. The fraction of sp³-hybridized carbons (Fsp3) is 0.500. The second-order valence-electron chi connectivity index (χ2n) is 5.05. The summed E-state index contributed by atoms with van der Waals surface area (Å²) in [5.41, 5.74) is 0. The van der Waals surface area contributed by atoms with Crippen LogP contribution in [-0.4, -0.2) is 52.1 Å². The van der Waals surface area contributed by atoms with Gasteiger partial charge in [0.1, 0.15) is 12.4 Å². The van der Waals surface area contributed by atoms with Gasteiger partial charge in [-0.15, -0.1) is 24.0 Å². The zero-order valence-electron chi connectivity index (χ0n) is 12.8. The largest absolute Gasteiger partial charge is 0.492 e. The minimum atomic E-state index is -2.89. The quantitative estimate of drug-likeness (QED) is 0.269. The lowest BCUT2D eigenvalue weighted by atomic mass is 10.3. The Hall–Kier alpha value is -0.550. The maximum Gasteiger partial charge on any atom is 0.191 e. The first-order valence-electron chi connectivity index (χ1n) is 7.04. The van der Waals surface area contributed by atoms with Crippen LogP contribution in [0.25, 0.3) is 0 Å². The van der Waals surface area contributed by atoms with E-state index in [1.54, 1.807) is 7.05 Å². The Bertz CT molecular complexity index is 640. The van der Waals surface area contributed by atoms with Crippen molar-refractivity contribution in [2.75, 3.05) is 31.7 Å². The number of nitrogens with zero attached hydrogens (tertiary/aromatic N) is 1. The van der Waals surface area contributed by atoms with E-state index in [4.69, 9.17) is 4.74 Å². The summed E-state index contributed by atoms with van der Waals surface area (Å²) in [5, 5.41) is 6.24. The van der Waals surface area contributed by atoms with Crippen LogP contribution in [0.4, 0.5) is 0 Å². The monoisotopic (exact) mass is 517 g/mol. The summed E-state index contributed by atoms with van der Waals surface area (Å²) < 4.78 is 29.4. The average Bonchev–Trinajstić information content (AvgIpc) is 2.81. The van der Waals surface area contributed by atoms with Gasteiger partial charge in [0.2, 0.25) is 0 Å². The second-order valence-corrected chi connectivity index (χ2v) is 8.19. The van der Waals surface area contributed by atoms with Gasteiger partial charge in [-0.2, -0.15) is 0 Å². The van der Waals surface area contributed by atoms with Gasteiger partial charge in [-0.3, -0.25) is 4.99 Å². The number of halogens is 2. The third-order valence-corrected chi connectivity index (χ3v) is 5.52. The summed E-state index contributed by atoms with van der Waals surface area (Å²) in [6.07, 6.45) is 0.623. The predicted molar refractivity (Wildman–Crippen MR) is 107 cm³/mol. The predicted octanol–water partition coefficient (Wildman–Crippen LogP) is 1.80. The average molecular weight is 518 g/mol. The number of hydrogen-bond donors (Lipinski definition) is 2. The molecule has 1 aromatic carbocycles. The van der Waals surface area contributed by atoms with Crippen LogP contribution in [0.3, 0.4) is 0 Å². The molecule has 1 heterocycles. The van der Waals surface area contributed by atoms with Crippen LogP contribution in [-0.2, 0) is 9.84 Å². The van der Waals surface area contributed by atoms with Crippen LogP contribution >= 0.6 is 39.9 Å². The highest BCUT2D eigenvalue weighted by Gasteiger charge is 2.28. The summed E-state index contributed by atoms with van der Waals surface area (Å²) in [5.74, 6) is 1.80. The summed E-state index contributed by atoms with van der Waals surface area (Å²) >= 11 is 3.39. The van der Waals surface area contributed by atoms with Crippen LogP contribution in [0.1, 0.15) is 6.42 Å². The molecule has 23 heavy (non-hydrogen) atoms. The van der Waals surface area contributed by atoms with E-state index in [9.17, 15) is 8.42 Å². The summed E-state index contributed by atoms with van der Waals surface area (Å²) in [6, 6.07) is 7.57. The van der Waals surface area contributed by atoms with E-state index in [2.05, 4.69) is 31.6 Å². The number of nitrogens with one attached hydrogen (secondary N) is 2. The molecule has 1 aliphatic heterocycles. The molecule has 1 atom stereocenters. The molecule has 0 bridgehead atoms. The van der Waals surface area contributed by atoms with Crippen molar-refractivity contribution in [2.45, 2.75) is 12.5 Å². The fourth-order valence-corrected chi connectivity index (χ4v) is 4.24. The van der Waals surface area contributed by atoms with E-state index in [-0.39, 0.29) is 41.5 Å². The van der Waals surface area contributed by atoms with Crippen molar-refractivity contribution in [3.05, 3.63) is 28.7 Å². The van der Waals surface area contributed by atoms with Crippen LogP contribution in [0.2, 0.25) is 0 Å². The number of hydrogen-bond acceptors (Lipinski definition) is 4. The lowest BCUT2D eigenvalue weighted by Crippen LogP contribution is -2.45. The molecule has 130 valence electrons. The first kappa shape index (κ1) is 20.5. The molecular formula is C14H21BrIN3O3S. The van der Waals surface area contributed by atoms with Gasteiger partial charge < -0.3 is 15.4 Å². The summed E-state index contributed by atoms with van der Waals surface area (Å²) in [4.78, 5) is 4.09. The van der Waals surface area contributed by atoms with Gasteiger partial charge in [-0.1, -0.05) is 22.0 Å². The Morgan fingerprint density at radius 1 is 1.48 bits per heavy atom. The van der Waals surface area contributed by atoms with Crippen LogP contribution in [0.15, 0.2) is 33.7 Å². The Kier molecular flexibility index (Phi) is 8.62. The van der Waals surface area contributed by atoms with Gasteiger partial charge in [-0.05, 0) is 24.6 Å². The topological polar surface area (TPSA) is 79.8 Å². The molecule has 1 saturated heterocycles. The minimum absolute atomic E-state index is 0. The number of rotatable bonds is 5. The molecule has 0 amide bonds. The van der Waals surface area contributed by atoms with Crippen molar-refractivity contribution >= 4 is 55.7 Å². The van der Waals surface area contributed by atoms with Crippen LogP contribution in [0.5, 0.6) is 5.75 Å². The van der Waals surface area contributed by atoms with Crippen molar-refractivity contribution < 1.29 is 13.2 Å². The molecule has 1 aromatic rings. The molecule has 0 aromatic heterocycles. The molecular weight excluding hydrogens is 497 g/mol. The molecule has 1 aliphatic rings. The van der Waals surface area contributed by atoms with Crippen LogP contribution in [0, 0.1) is 0 Å². The molecule has 0 saturated carbocycles. The van der Waals surface area contributed by atoms with E-state index in [0.29, 0.717) is 25.5 Å². The SMILES string of the molecule is CN=C(NCCOc1cccc(Br)c1)NC1CCS(=O)(=O)C1.I. The smallest absolute Gasteiger partial charge is 0.191 e. The first-order chi connectivity index (χ1) is 10.5. The van der Waals surface area contributed by atoms with E-state index in [1.165, 1.54) is 0 Å². The highest BCUT2D eigenvalue weighted by molar-refractivity contribution is 14.0. The molecule has 1 fully saturated rings. The third kappa shape index (κ3) is 7.25. The highest BCUT2D eigenvalue weighted by atomic mass is 127. The zero-order valence-corrected chi connectivity index (χ0v) is 17.5. The first-order valence-corrected chi connectivity index (χ1v) is 9.66. The molecule has 9 heteroatoms. The molecule has 0 spiro atoms. The Morgan fingerprint density at radius 3 is 2.87 bits per heavy atom. The molecule has 6 nitrogen and oxygen atoms in total. The van der Waals surface area contributed by atoms with Crippen LogP contribution < -0.4 is 15.4 Å². The maximum absolute atomic E-state index is 11.4. The molecule has 0 aliphatic carbocycles. The van der Waals surface area contributed by atoms with Crippen molar-refractivity contribution in [3.63, 3.8) is 0 Å². The van der Waals surface area contributed by atoms with Gasteiger partial charge >= 0.3 is 0 Å². The Morgan fingerprint density at radius 2 is 2.26 bits per heavy atom. The standard InChI is InChI=1S/C14H20BrN3O3S.HI/c1-16-14(18-12-5-8-22(19,20)10-12)17-6-7-21-13-4-2-3-11(15)9-13;/h2-4,9,12H,5-8,10H2,1H3,(H2,16,17,18);1H. The molecule has 1 unspecified atom stereocenters. The Labute approximate surface area is 162 Å². The Balaban J connectivity index is 0.00000264. The van der Waals surface area contributed by atoms with Gasteiger partial charge in [-0.25, -0.2) is 8.42 Å². The third-order valence-electron chi connectivity index (χ3n) is 3.26. The minimum Gasteiger partial charge on any atom is -0.492 e. The fourth-order valence-electron chi connectivity index (χ4n) is 2.19. The summed E-state index contributed by atoms with van der Waals surface area (Å²) in [6.45, 7) is 1.06. The van der Waals surface area contributed by atoms with Crippen molar-refractivity contribution in [2.24, 2.45) is 4.99 Å². The van der Waals surface area contributed by atoms with E-state index < -0.39 is 9.84 Å². The highest BCUT2D eigenvalue weighted by Crippen LogP contribution is 2.17. The van der Waals surface area contributed by atoms with E-state index in [0.717, 1.165) is 10.2 Å². The molecule has 2 N–H and O–H groups in total. The number of ether oxygens (including phenoxy) is 1. The lowest BCUT2D eigenvalue weighted by molar-refractivity contribution is 0.321. The van der Waals surface area contributed by atoms with Gasteiger partial charge in [0, 0.05) is 17.6 Å². The van der Waals surface area contributed by atoms with Gasteiger partial charge in [0.05, 0.1) is 18.1 Å². The van der Waals surface area contributed by atoms with E-state index in [1.807, 2.05) is 24.3 Å². The molecule has 0 radical (unpaired) electrons. The zero-order chi connectivity index (χ0) is 16.0. The van der Waals surface area contributed by atoms with Crippen molar-refractivity contribution in [3.8, 4) is 5.75 Å².